The number of nitrogens with one attached hydrogen (secondary N) is 2. The number of sulfonamides is 1. The van der Waals surface area contributed by atoms with E-state index in [4.69, 9.17) is 4.74 Å². The van der Waals surface area contributed by atoms with E-state index in [1.807, 2.05) is 31.2 Å². The molecule has 0 aliphatic carbocycles. The van der Waals surface area contributed by atoms with Crippen LogP contribution in [-0.2, 0) is 10.0 Å². The number of ether oxygens (including phenoxy) is 1. The highest BCUT2D eigenvalue weighted by atomic mass is 32.2. The van der Waals surface area contributed by atoms with Gasteiger partial charge in [-0.3, -0.25) is 9.52 Å². The van der Waals surface area contributed by atoms with Gasteiger partial charge < -0.3 is 10.1 Å². The Morgan fingerprint density at radius 2 is 1.52 bits per heavy atom. The summed E-state index contributed by atoms with van der Waals surface area (Å²) in [5, 5.41) is 2.92. The van der Waals surface area contributed by atoms with Crippen molar-refractivity contribution in [3.05, 3.63) is 90.0 Å². The summed E-state index contributed by atoms with van der Waals surface area (Å²) in [6, 6.07) is 21.6. The molecule has 0 radical (unpaired) electrons. The smallest absolute Gasteiger partial charge is 0.261 e. The Bertz CT molecular complexity index is 1080. The maximum absolute atomic E-state index is 12.6. The second kappa shape index (κ2) is 8.79. The number of benzene rings is 3. The first kappa shape index (κ1) is 20.4. The summed E-state index contributed by atoms with van der Waals surface area (Å²) >= 11 is 0. The lowest BCUT2D eigenvalue weighted by atomic mass is 10.1. The Morgan fingerprint density at radius 3 is 2.17 bits per heavy atom. The summed E-state index contributed by atoms with van der Waals surface area (Å²) in [4.78, 5) is 12.7. The second-order valence-electron chi connectivity index (χ2n) is 6.43. The van der Waals surface area contributed by atoms with Crippen LogP contribution in [-0.4, -0.2) is 21.4 Å². The Kier molecular flexibility index (Phi) is 6.19. The highest BCUT2D eigenvalue weighted by Crippen LogP contribution is 2.24. The van der Waals surface area contributed by atoms with Crippen LogP contribution in [0.3, 0.4) is 0 Å². The van der Waals surface area contributed by atoms with Crippen LogP contribution in [0.5, 0.6) is 5.75 Å². The van der Waals surface area contributed by atoms with Crippen LogP contribution in [0.4, 0.5) is 5.69 Å². The molecular weight excluding hydrogens is 388 g/mol. The number of para-hydroxylation sites is 1. The molecule has 150 valence electrons. The molecule has 0 aliphatic heterocycles. The van der Waals surface area contributed by atoms with Crippen molar-refractivity contribution in [1.29, 1.82) is 0 Å². The van der Waals surface area contributed by atoms with Gasteiger partial charge in [0, 0.05) is 16.8 Å². The number of carbonyl (C=O) groups excluding carboxylic acids is 1. The molecule has 6 nitrogen and oxygen atoms in total. The van der Waals surface area contributed by atoms with Crippen molar-refractivity contribution >= 4 is 21.6 Å². The summed E-state index contributed by atoms with van der Waals surface area (Å²) in [6.07, 6.45) is 0. The maximum Gasteiger partial charge on any atom is 0.261 e. The predicted molar refractivity (Wildman–Crippen MR) is 113 cm³/mol. The van der Waals surface area contributed by atoms with Gasteiger partial charge in [-0.05, 0) is 49.4 Å². The molecule has 2 N–H and O–H groups in total. The number of carbonyl (C=O) groups is 1. The van der Waals surface area contributed by atoms with Crippen LogP contribution in [0.2, 0.25) is 0 Å². The summed E-state index contributed by atoms with van der Waals surface area (Å²) < 4.78 is 32.6. The molecule has 0 aliphatic rings. The number of methoxy groups -OCH3 is 1. The highest BCUT2D eigenvalue weighted by Gasteiger charge is 2.16. The van der Waals surface area contributed by atoms with Gasteiger partial charge in [-0.1, -0.05) is 36.4 Å². The van der Waals surface area contributed by atoms with E-state index in [2.05, 4.69) is 10.0 Å². The van der Waals surface area contributed by atoms with Crippen LogP contribution in [0.1, 0.15) is 28.9 Å². The third-order valence-electron chi connectivity index (χ3n) is 4.41. The maximum atomic E-state index is 12.6. The van der Waals surface area contributed by atoms with Gasteiger partial charge in [0.25, 0.3) is 15.9 Å². The lowest BCUT2D eigenvalue weighted by Crippen LogP contribution is -2.26. The van der Waals surface area contributed by atoms with Crippen molar-refractivity contribution in [3.8, 4) is 5.75 Å². The quantitative estimate of drug-likeness (QED) is 0.617. The van der Waals surface area contributed by atoms with Gasteiger partial charge in [0.1, 0.15) is 5.75 Å². The number of rotatable bonds is 7. The van der Waals surface area contributed by atoms with E-state index in [0.29, 0.717) is 17.0 Å². The molecule has 3 aromatic carbocycles. The molecule has 0 saturated heterocycles. The van der Waals surface area contributed by atoms with Crippen molar-refractivity contribution < 1.29 is 17.9 Å². The lowest BCUT2D eigenvalue weighted by Gasteiger charge is -2.17. The average Bonchev–Trinajstić information content (AvgIpc) is 2.74. The standard InChI is InChI=1S/C22H22N2O4S/c1-16(20-10-6-7-11-21(20)28-2)23-22(25)17-12-14-18(15-13-17)24-29(26,27)19-8-4-3-5-9-19/h3-16,24H,1-2H3,(H,23,25)/t16-/m1/s1. The average molecular weight is 410 g/mol. The first-order chi connectivity index (χ1) is 13.9. The molecular formula is C22H22N2O4S. The molecule has 7 heteroatoms. The molecule has 0 heterocycles. The summed E-state index contributed by atoms with van der Waals surface area (Å²) in [6.45, 7) is 1.87. The summed E-state index contributed by atoms with van der Waals surface area (Å²) in [5.74, 6) is 0.437. The van der Waals surface area contributed by atoms with Crippen molar-refractivity contribution in [2.45, 2.75) is 17.9 Å². The summed E-state index contributed by atoms with van der Waals surface area (Å²) in [7, 11) is -2.09. The molecule has 3 aromatic rings. The van der Waals surface area contributed by atoms with E-state index in [-0.39, 0.29) is 16.8 Å². The van der Waals surface area contributed by atoms with Gasteiger partial charge >= 0.3 is 0 Å². The van der Waals surface area contributed by atoms with E-state index >= 15 is 0 Å². The molecule has 0 fully saturated rings. The SMILES string of the molecule is COc1ccccc1[C@@H](C)NC(=O)c1ccc(NS(=O)(=O)c2ccccc2)cc1. The van der Waals surface area contributed by atoms with E-state index in [1.165, 1.54) is 12.1 Å². The van der Waals surface area contributed by atoms with Gasteiger partial charge in [-0.2, -0.15) is 0 Å². The Balaban J connectivity index is 1.69. The van der Waals surface area contributed by atoms with E-state index in [9.17, 15) is 13.2 Å². The zero-order chi connectivity index (χ0) is 20.9. The second-order valence-corrected chi connectivity index (χ2v) is 8.12. The van der Waals surface area contributed by atoms with Crippen molar-refractivity contribution in [1.82, 2.24) is 5.32 Å². The van der Waals surface area contributed by atoms with Crippen molar-refractivity contribution in [2.75, 3.05) is 11.8 Å². The first-order valence-electron chi connectivity index (χ1n) is 9.02. The third-order valence-corrected chi connectivity index (χ3v) is 5.80. The first-order valence-corrected chi connectivity index (χ1v) is 10.5. The van der Waals surface area contributed by atoms with E-state index < -0.39 is 10.0 Å². The molecule has 0 spiro atoms. The van der Waals surface area contributed by atoms with Crippen LogP contribution in [0.15, 0.2) is 83.8 Å². The normalized spacial score (nSPS) is 12.1. The fourth-order valence-electron chi connectivity index (χ4n) is 2.89. The van der Waals surface area contributed by atoms with Gasteiger partial charge in [-0.25, -0.2) is 8.42 Å². The van der Waals surface area contributed by atoms with Crippen LogP contribution in [0.25, 0.3) is 0 Å². The van der Waals surface area contributed by atoms with Crippen LogP contribution >= 0.6 is 0 Å². The minimum atomic E-state index is -3.67. The molecule has 1 amide bonds. The van der Waals surface area contributed by atoms with Gasteiger partial charge in [0.05, 0.1) is 18.0 Å². The minimum absolute atomic E-state index is 0.174. The van der Waals surface area contributed by atoms with Gasteiger partial charge in [0.15, 0.2) is 0 Å². The van der Waals surface area contributed by atoms with E-state index in [1.54, 1.807) is 49.6 Å². The molecule has 1 atom stereocenters. The van der Waals surface area contributed by atoms with Gasteiger partial charge in [-0.15, -0.1) is 0 Å². The Hall–Kier alpha value is -3.32. The lowest BCUT2D eigenvalue weighted by molar-refractivity contribution is 0.0939. The number of amides is 1. The number of hydrogen-bond acceptors (Lipinski definition) is 4. The monoisotopic (exact) mass is 410 g/mol. The topological polar surface area (TPSA) is 84.5 Å². The molecule has 0 saturated carbocycles. The predicted octanol–water partition coefficient (Wildman–Crippen LogP) is 3.99. The molecule has 29 heavy (non-hydrogen) atoms. The summed E-state index contributed by atoms with van der Waals surface area (Å²) in [5.41, 5.74) is 1.67. The fraction of sp³-hybridized carbons (Fsp3) is 0.136. The van der Waals surface area contributed by atoms with Gasteiger partial charge in [0.2, 0.25) is 0 Å². The van der Waals surface area contributed by atoms with Crippen molar-refractivity contribution in [2.24, 2.45) is 0 Å². The van der Waals surface area contributed by atoms with E-state index in [0.717, 1.165) is 5.56 Å². The molecule has 3 rings (SSSR count). The highest BCUT2D eigenvalue weighted by molar-refractivity contribution is 7.92. The zero-order valence-corrected chi connectivity index (χ0v) is 16.9. The van der Waals surface area contributed by atoms with Crippen molar-refractivity contribution in [3.63, 3.8) is 0 Å². The Labute approximate surface area is 170 Å². The molecule has 0 bridgehead atoms. The molecule has 0 unspecified atom stereocenters. The fourth-order valence-corrected chi connectivity index (χ4v) is 3.96. The number of anilines is 1. The van der Waals surface area contributed by atoms with Crippen LogP contribution < -0.4 is 14.8 Å². The Morgan fingerprint density at radius 1 is 0.897 bits per heavy atom. The minimum Gasteiger partial charge on any atom is -0.496 e. The zero-order valence-electron chi connectivity index (χ0n) is 16.1. The largest absolute Gasteiger partial charge is 0.496 e. The third kappa shape index (κ3) is 4.94. The van der Waals surface area contributed by atoms with Crippen LogP contribution in [0, 0.1) is 0 Å². The number of hydrogen-bond donors (Lipinski definition) is 2. The molecule has 0 aromatic heterocycles.